The number of ether oxygens (including phenoxy) is 2. The number of hydrogen-bond donors (Lipinski definition) is 0. The Morgan fingerprint density at radius 2 is 1.90 bits per heavy atom. The van der Waals surface area contributed by atoms with Gasteiger partial charge in [-0.25, -0.2) is 8.42 Å². The fourth-order valence-corrected chi connectivity index (χ4v) is 5.95. The van der Waals surface area contributed by atoms with E-state index in [4.69, 9.17) is 9.47 Å². The van der Waals surface area contributed by atoms with Gasteiger partial charge >= 0.3 is 0 Å². The molecule has 2 aromatic rings. The lowest BCUT2D eigenvalue weighted by Crippen LogP contribution is -2.43. The maximum Gasteiger partial charge on any atom is 0.243 e. The van der Waals surface area contributed by atoms with Crippen LogP contribution in [0.4, 0.5) is 0 Å². The fraction of sp³-hybridized carbons (Fsp3) is 0.450. The molecular weight excluding hydrogens is 412 g/mol. The molecule has 0 N–H and O–H groups in total. The first kappa shape index (κ1) is 20.2. The Kier molecular flexibility index (Phi) is 5.80. The molecule has 3 heterocycles. The maximum absolute atomic E-state index is 13.0. The van der Waals surface area contributed by atoms with Crippen molar-refractivity contribution in [3.8, 4) is 11.5 Å². The van der Waals surface area contributed by atoms with Crippen LogP contribution in [0.2, 0.25) is 0 Å². The van der Waals surface area contributed by atoms with E-state index in [1.165, 1.54) is 10.4 Å². The zero-order valence-electron chi connectivity index (χ0n) is 16.2. The molecular formula is C20H24N2O5S2. The summed E-state index contributed by atoms with van der Waals surface area (Å²) in [7, 11) is -1.83. The summed E-state index contributed by atoms with van der Waals surface area (Å²) >= 11 is 1.63. The number of fused-ring (bicyclic) bond motifs is 1. The van der Waals surface area contributed by atoms with Gasteiger partial charge in [0.05, 0.1) is 11.4 Å². The largest absolute Gasteiger partial charge is 0.486 e. The summed E-state index contributed by atoms with van der Waals surface area (Å²) in [5, 5.41) is 1.99. The first-order valence-electron chi connectivity index (χ1n) is 9.62. The monoisotopic (exact) mass is 436 g/mol. The molecule has 9 heteroatoms. The minimum Gasteiger partial charge on any atom is -0.486 e. The van der Waals surface area contributed by atoms with Crippen LogP contribution in [0, 0.1) is 5.92 Å². The van der Waals surface area contributed by atoms with Gasteiger partial charge in [0.15, 0.2) is 11.5 Å². The van der Waals surface area contributed by atoms with Gasteiger partial charge < -0.3 is 14.4 Å². The molecule has 0 atom stereocenters. The van der Waals surface area contributed by atoms with Gasteiger partial charge in [-0.3, -0.25) is 4.79 Å². The fourth-order valence-electron chi connectivity index (χ4n) is 3.70. The third kappa shape index (κ3) is 4.26. The van der Waals surface area contributed by atoms with Crippen molar-refractivity contribution in [3.05, 3.63) is 40.6 Å². The van der Waals surface area contributed by atoms with Crippen LogP contribution in [0.25, 0.3) is 0 Å². The summed E-state index contributed by atoms with van der Waals surface area (Å²) < 4.78 is 38.5. The van der Waals surface area contributed by atoms with Crippen molar-refractivity contribution in [3.63, 3.8) is 0 Å². The van der Waals surface area contributed by atoms with E-state index in [0.29, 0.717) is 57.2 Å². The molecule has 29 heavy (non-hydrogen) atoms. The molecule has 0 spiro atoms. The minimum atomic E-state index is -3.63. The number of sulfonamides is 1. The van der Waals surface area contributed by atoms with Gasteiger partial charge in [0, 0.05) is 37.0 Å². The molecule has 0 bridgehead atoms. The normalized spacial score (nSPS) is 17.8. The Hall–Kier alpha value is -2.10. The van der Waals surface area contributed by atoms with Gasteiger partial charge in [0.25, 0.3) is 0 Å². The van der Waals surface area contributed by atoms with Crippen LogP contribution in [0.5, 0.6) is 11.5 Å². The Bertz CT molecular complexity index is 967. The molecule has 0 radical (unpaired) electrons. The predicted molar refractivity (Wildman–Crippen MR) is 110 cm³/mol. The standard InChI is InChI=1S/C20H24N2O5S2/c1-21(14-16-3-2-12-28-16)20(23)15-6-8-22(9-7-15)29(24,25)17-4-5-18-19(13-17)27-11-10-26-18/h2-5,12-13,15H,6-11,14H2,1H3. The molecule has 1 aromatic heterocycles. The van der Waals surface area contributed by atoms with Crippen molar-refractivity contribution >= 4 is 27.3 Å². The third-order valence-electron chi connectivity index (χ3n) is 5.30. The molecule has 7 nitrogen and oxygen atoms in total. The summed E-state index contributed by atoms with van der Waals surface area (Å²) in [6.07, 6.45) is 1.05. The summed E-state index contributed by atoms with van der Waals surface area (Å²) in [6.45, 7) is 2.12. The van der Waals surface area contributed by atoms with Crippen LogP contribution in [0.3, 0.4) is 0 Å². The number of rotatable bonds is 5. The van der Waals surface area contributed by atoms with Crippen molar-refractivity contribution in [1.82, 2.24) is 9.21 Å². The Morgan fingerprint density at radius 3 is 2.59 bits per heavy atom. The lowest BCUT2D eigenvalue weighted by atomic mass is 9.96. The average Bonchev–Trinajstić information content (AvgIpc) is 3.26. The highest BCUT2D eigenvalue weighted by atomic mass is 32.2. The van der Waals surface area contributed by atoms with Crippen LogP contribution in [0.1, 0.15) is 17.7 Å². The SMILES string of the molecule is CN(Cc1cccs1)C(=O)C1CCN(S(=O)(=O)c2ccc3c(c2)OCCO3)CC1. The lowest BCUT2D eigenvalue weighted by molar-refractivity contribution is -0.135. The second kappa shape index (κ2) is 8.33. The number of piperidine rings is 1. The van der Waals surface area contributed by atoms with E-state index in [2.05, 4.69) is 0 Å². The number of benzene rings is 1. The highest BCUT2D eigenvalue weighted by Crippen LogP contribution is 2.34. The summed E-state index contributed by atoms with van der Waals surface area (Å²) in [5.41, 5.74) is 0. The van der Waals surface area contributed by atoms with Gasteiger partial charge in [-0.15, -0.1) is 11.3 Å². The highest BCUT2D eigenvalue weighted by molar-refractivity contribution is 7.89. The van der Waals surface area contributed by atoms with E-state index in [1.54, 1.807) is 35.4 Å². The van der Waals surface area contributed by atoms with Crippen molar-refractivity contribution in [2.24, 2.45) is 5.92 Å². The zero-order chi connectivity index (χ0) is 20.4. The number of nitrogens with zero attached hydrogens (tertiary/aromatic N) is 2. The minimum absolute atomic E-state index is 0.0785. The number of hydrogen-bond acceptors (Lipinski definition) is 6. The van der Waals surface area contributed by atoms with E-state index in [0.717, 1.165) is 4.88 Å². The van der Waals surface area contributed by atoms with Crippen LogP contribution in [-0.2, 0) is 21.4 Å². The van der Waals surface area contributed by atoms with Crippen molar-refractivity contribution in [1.29, 1.82) is 0 Å². The Balaban J connectivity index is 1.39. The number of carbonyl (C=O) groups excluding carboxylic acids is 1. The topological polar surface area (TPSA) is 76.2 Å². The first-order valence-corrected chi connectivity index (χ1v) is 11.9. The molecule has 2 aliphatic rings. The van der Waals surface area contributed by atoms with Crippen LogP contribution in [-0.4, -0.2) is 56.9 Å². The molecule has 1 fully saturated rings. The van der Waals surface area contributed by atoms with E-state index in [1.807, 2.05) is 17.5 Å². The average molecular weight is 437 g/mol. The molecule has 0 unspecified atom stereocenters. The Morgan fingerprint density at radius 1 is 1.17 bits per heavy atom. The lowest BCUT2D eigenvalue weighted by Gasteiger charge is -2.32. The van der Waals surface area contributed by atoms with Crippen molar-refractivity contribution in [2.45, 2.75) is 24.3 Å². The van der Waals surface area contributed by atoms with Crippen LogP contribution < -0.4 is 9.47 Å². The van der Waals surface area contributed by atoms with Crippen molar-refractivity contribution in [2.75, 3.05) is 33.4 Å². The molecule has 1 amide bonds. The van der Waals surface area contributed by atoms with Gasteiger partial charge in [-0.1, -0.05) is 6.07 Å². The van der Waals surface area contributed by atoms with E-state index >= 15 is 0 Å². The molecule has 156 valence electrons. The molecule has 2 aliphatic heterocycles. The summed E-state index contributed by atoms with van der Waals surface area (Å²) in [5.74, 6) is 0.951. The predicted octanol–water partition coefficient (Wildman–Crippen LogP) is 2.58. The highest BCUT2D eigenvalue weighted by Gasteiger charge is 2.33. The molecule has 1 saturated heterocycles. The Labute approximate surface area is 174 Å². The summed E-state index contributed by atoms with van der Waals surface area (Å²) in [6, 6.07) is 8.69. The number of carbonyl (C=O) groups is 1. The third-order valence-corrected chi connectivity index (χ3v) is 8.06. The number of amides is 1. The first-order chi connectivity index (χ1) is 13.9. The number of thiophene rings is 1. The second-order valence-electron chi connectivity index (χ2n) is 7.26. The molecule has 1 aromatic carbocycles. The quantitative estimate of drug-likeness (QED) is 0.720. The van der Waals surface area contributed by atoms with Crippen LogP contribution in [0.15, 0.2) is 40.6 Å². The van der Waals surface area contributed by atoms with Crippen LogP contribution >= 0.6 is 11.3 Å². The van der Waals surface area contributed by atoms with Gasteiger partial charge in [0.1, 0.15) is 13.2 Å². The molecule has 0 aliphatic carbocycles. The second-order valence-corrected chi connectivity index (χ2v) is 10.2. The van der Waals surface area contributed by atoms with E-state index < -0.39 is 10.0 Å². The maximum atomic E-state index is 13.0. The molecule has 4 rings (SSSR count). The van der Waals surface area contributed by atoms with Gasteiger partial charge in [-0.05, 0) is 36.4 Å². The van der Waals surface area contributed by atoms with E-state index in [-0.39, 0.29) is 16.7 Å². The smallest absolute Gasteiger partial charge is 0.243 e. The van der Waals surface area contributed by atoms with Gasteiger partial charge in [0.2, 0.25) is 15.9 Å². The zero-order valence-corrected chi connectivity index (χ0v) is 17.9. The van der Waals surface area contributed by atoms with Crippen molar-refractivity contribution < 1.29 is 22.7 Å². The summed E-state index contributed by atoms with van der Waals surface area (Å²) in [4.78, 5) is 15.8. The van der Waals surface area contributed by atoms with E-state index in [9.17, 15) is 13.2 Å². The molecule has 0 saturated carbocycles. The van der Waals surface area contributed by atoms with Gasteiger partial charge in [-0.2, -0.15) is 4.31 Å².